The average Bonchev–Trinajstić information content (AvgIpc) is 2.99. The molecule has 224 valence electrons. The third-order valence-corrected chi connectivity index (χ3v) is 9.49. The molecule has 0 aliphatic heterocycles. The van der Waals surface area contributed by atoms with Crippen molar-refractivity contribution in [2.24, 2.45) is 0 Å². The van der Waals surface area contributed by atoms with Gasteiger partial charge in [-0.05, 0) is 67.8 Å². The lowest BCUT2D eigenvalue weighted by atomic mass is 10.0. The number of amides is 2. The van der Waals surface area contributed by atoms with E-state index in [0.29, 0.717) is 16.7 Å². The van der Waals surface area contributed by atoms with Crippen LogP contribution in [0.3, 0.4) is 0 Å². The van der Waals surface area contributed by atoms with Gasteiger partial charge in [0, 0.05) is 24.0 Å². The smallest absolute Gasteiger partial charge is 0.264 e. The second kappa shape index (κ2) is 14.5. The quantitative estimate of drug-likeness (QED) is 0.201. The van der Waals surface area contributed by atoms with E-state index in [4.69, 9.17) is 0 Å². The van der Waals surface area contributed by atoms with Gasteiger partial charge in [0.1, 0.15) is 12.6 Å². The Morgan fingerprint density at radius 3 is 2.19 bits per heavy atom. The number of aryl methyl sites for hydroxylation is 2. The minimum Gasteiger partial charge on any atom is -0.355 e. The minimum atomic E-state index is -4.15. The molecule has 7 nitrogen and oxygen atoms in total. The zero-order valence-electron chi connectivity index (χ0n) is 24.5. The summed E-state index contributed by atoms with van der Waals surface area (Å²) >= 11 is 3.44. The van der Waals surface area contributed by atoms with Crippen LogP contribution in [-0.2, 0) is 32.6 Å². The molecule has 0 aliphatic carbocycles. The van der Waals surface area contributed by atoms with Gasteiger partial charge in [-0.15, -0.1) is 0 Å². The van der Waals surface area contributed by atoms with Crippen molar-refractivity contribution in [3.8, 4) is 0 Å². The van der Waals surface area contributed by atoms with Crippen molar-refractivity contribution in [1.82, 2.24) is 10.2 Å². The molecule has 0 bridgehead atoms. The first-order valence-electron chi connectivity index (χ1n) is 14.1. The summed E-state index contributed by atoms with van der Waals surface area (Å²) < 4.78 is 30.0. The van der Waals surface area contributed by atoms with Crippen molar-refractivity contribution in [1.29, 1.82) is 0 Å². The molecule has 0 saturated carbocycles. The van der Waals surface area contributed by atoms with Crippen molar-refractivity contribution < 1.29 is 18.0 Å². The molecule has 0 aliphatic rings. The zero-order valence-corrected chi connectivity index (χ0v) is 26.9. The number of anilines is 1. The number of benzene rings is 4. The first-order valence-corrected chi connectivity index (χ1v) is 16.3. The largest absolute Gasteiger partial charge is 0.355 e. The van der Waals surface area contributed by atoms with Crippen molar-refractivity contribution in [3.63, 3.8) is 0 Å². The normalized spacial score (nSPS) is 11.9. The standard InChI is InChI=1S/C34H36BrN3O4S/c1-4-36-34(40)32(21-27-12-6-5-7-13-27)37(23-28-14-9-8-11-26(28)3)33(39)24-38(30-16-10-15-29(35)22-30)43(41,42)31-19-17-25(2)18-20-31/h5-20,22,32H,4,21,23-24H2,1-3H3,(H,36,40)/t32-/m0/s1. The van der Waals surface area contributed by atoms with Crippen molar-refractivity contribution in [2.45, 2.75) is 44.7 Å². The molecule has 0 radical (unpaired) electrons. The van der Waals surface area contributed by atoms with Gasteiger partial charge in [0.2, 0.25) is 11.8 Å². The fourth-order valence-corrected chi connectivity index (χ4v) is 6.61. The second-order valence-electron chi connectivity index (χ2n) is 10.4. The third-order valence-electron chi connectivity index (χ3n) is 7.21. The number of carbonyl (C=O) groups is 2. The maximum Gasteiger partial charge on any atom is 0.264 e. The molecule has 4 aromatic rings. The maximum atomic E-state index is 14.4. The molecule has 1 atom stereocenters. The SMILES string of the molecule is CCNC(=O)[C@H](Cc1ccccc1)N(Cc1ccccc1C)C(=O)CN(c1cccc(Br)c1)S(=O)(=O)c1ccc(C)cc1. The van der Waals surface area contributed by atoms with Crippen LogP contribution in [0.4, 0.5) is 5.69 Å². The molecular weight excluding hydrogens is 626 g/mol. The zero-order chi connectivity index (χ0) is 31.0. The molecule has 0 spiro atoms. The fourth-order valence-electron chi connectivity index (χ4n) is 4.81. The van der Waals surface area contributed by atoms with E-state index >= 15 is 0 Å². The number of carbonyl (C=O) groups excluding carboxylic acids is 2. The van der Waals surface area contributed by atoms with Gasteiger partial charge in [-0.3, -0.25) is 13.9 Å². The second-order valence-corrected chi connectivity index (χ2v) is 13.1. The van der Waals surface area contributed by atoms with Crippen molar-refractivity contribution in [2.75, 3.05) is 17.4 Å². The van der Waals surface area contributed by atoms with Crippen LogP contribution in [0.25, 0.3) is 0 Å². The Morgan fingerprint density at radius 1 is 0.860 bits per heavy atom. The topological polar surface area (TPSA) is 86.8 Å². The van der Waals surface area contributed by atoms with Gasteiger partial charge in [0.25, 0.3) is 10.0 Å². The minimum absolute atomic E-state index is 0.0703. The molecular formula is C34H36BrN3O4S. The van der Waals surface area contributed by atoms with E-state index in [9.17, 15) is 18.0 Å². The highest BCUT2D eigenvalue weighted by Crippen LogP contribution is 2.27. The molecule has 0 aromatic heterocycles. The van der Waals surface area contributed by atoms with Gasteiger partial charge >= 0.3 is 0 Å². The summed E-state index contributed by atoms with van der Waals surface area (Å²) in [5.74, 6) is -0.796. The number of nitrogens with one attached hydrogen (secondary N) is 1. The van der Waals surface area contributed by atoms with Crippen molar-refractivity contribution >= 4 is 43.5 Å². The summed E-state index contributed by atoms with van der Waals surface area (Å²) in [4.78, 5) is 29.6. The molecule has 43 heavy (non-hydrogen) atoms. The van der Waals surface area contributed by atoms with Crippen molar-refractivity contribution in [3.05, 3.63) is 130 Å². The highest BCUT2D eigenvalue weighted by Gasteiger charge is 2.34. The molecule has 9 heteroatoms. The van der Waals surface area contributed by atoms with Crippen LogP contribution in [0.2, 0.25) is 0 Å². The highest BCUT2D eigenvalue weighted by molar-refractivity contribution is 9.10. The van der Waals surface area contributed by atoms with Crippen LogP contribution in [0.1, 0.15) is 29.2 Å². The molecule has 4 aromatic carbocycles. The van der Waals surface area contributed by atoms with Crippen LogP contribution in [0.15, 0.2) is 112 Å². The van der Waals surface area contributed by atoms with E-state index in [1.807, 2.05) is 75.4 Å². The Hall–Kier alpha value is -3.95. The molecule has 2 amide bonds. The Kier molecular flexibility index (Phi) is 10.8. The lowest BCUT2D eigenvalue weighted by Gasteiger charge is -2.34. The van der Waals surface area contributed by atoms with E-state index in [0.717, 1.165) is 26.6 Å². The number of halogens is 1. The number of nitrogens with zero attached hydrogens (tertiary/aromatic N) is 2. The Morgan fingerprint density at radius 2 is 1.53 bits per heavy atom. The summed E-state index contributed by atoms with van der Waals surface area (Å²) in [5.41, 5.74) is 3.97. The summed E-state index contributed by atoms with van der Waals surface area (Å²) in [6.07, 6.45) is 0.270. The van der Waals surface area contributed by atoms with Crippen LogP contribution in [0, 0.1) is 13.8 Å². The van der Waals surface area contributed by atoms with Crippen LogP contribution < -0.4 is 9.62 Å². The van der Waals surface area contributed by atoms with E-state index in [2.05, 4.69) is 21.2 Å². The predicted octanol–water partition coefficient (Wildman–Crippen LogP) is 6.04. The predicted molar refractivity (Wildman–Crippen MR) is 174 cm³/mol. The average molecular weight is 663 g/mol. The molecule has 1 N–H and O–H groups in total. The van der Waals surface area contributed by atoms with E-state index in [1.165, 1.54) is 17.0 Å². The summed E-state index contributed by atoms with van der Waals surface area (Å²) in [7, 11) is -4.15. The van der Waals surface area contributed by atoms with Gasteiger partial charge in [-0.1, -0.05) is 94.3 Å². The van der Waals surface area contributed by atoms with E-state index < -0.39 is 28.5 Å². The molecule has 0 saturated heterocycles. The third kappa shape index (κ3) is 8.12. The summed E-state index contributed by atoms with van der Waals surface area (Å²) in [5, 5.41) is 2.88. The number of hydrogen-bond donors (Lipinski definition) is 1. The number of sulfonamides is 1. The summed E-state index contributed by atoms with van der Waals surface area (Å²) in [6.45, 7) is 5.69. The molecule has 0 unspecified atom stereocenters. The Bertz CT molecular complexity index is 1660. The van der Waals surface area contributed by atoms with E-state index in [1.54, 1.807) is 36.4 Å². The maximum absolute atomic E-state index is 14.4. The highest BCUT2D eigenvalue weighted by atomic mass is 79.9. The van der Waals surface area contributed by atoms with Crippen LogP contribution in [0.5, 0.6) is 0 Å². The van der Waals surface area contributed by atoms with Gasteiger partial charge in [-0.2, -0.15) is 0 Å². The van der Waals surface area contributed by atoms with Gasteiger partial charge < -0.3 is 10.2 Å². The van der Waals surface area contributed by atoms with E-state index in [-0.39, 0.29) is 23.8 Å². The van der Waals surface area contributed by atoms with Crippen LogP contribution >= 0.6 is 15.9 Å². The number of likely N-dealkylation sites (N-methyl/N-ethyl adjacent to an activating group) is 1. The first kappa shape index (κ1) is 32.0. The monoisotopic (exact) mass is 661 g/mol. The van der Waals surface area contributed by atoms with Gasteiger partial charge in [-0.25, -0.2) is 8.42 Å². The van der Waals surface area contributed by atoms with Gasteiger partial charge in [0.15, 0.2) is 0 Å². The lowest BCUT2D eigenvalue weighted by Crippen LogP contribution is -2.53. The first-order chi connectivity index (χ1) is 20.6. The van der Waals surface area contributed by atoms with Crippen LogP contribution in [-0.4, -0.2) is 44.3 Å². The Labute approximate surface area is 262 Å². The molecule has 4 rings (SSSR count). The van der Waals surface area contributed by atoms with Gasteiger partial charge in [0.05, 0.1) is 10.6 Å². The lowest BCUT2D eigenvalue weighted by molar-refractivity contribution is -0.140. The fraction of sp³-hybridized carbons (Fsp3) is 0.235. The number of rotatable bonds is 12. The Balaban J connectivity index is 1.80. The molecule has 0 fully saturated rings. The molecule has 0 heterocycles. The summed E-state index contributed by atoms with van der Waals surface area (Å²) in [6, 6.07) is 29.7. The number of hydrogen-bond acceptors (Lipinski definition) is 4.